The van der Waals surface area contributed by atoms with E-state index in [4.69, 9.17) is 9.97 Å². The van der Waals surface area contributed by atoms with Gasteiger partial charge >= 0.3 is 0 Å². The first-order valence-electron chi connectivity index (χ1n) is 7.56. The number of para-hydroxylation sites is 4. The van der Waals surface area contributed by atoms with E-state index in [-0.39, 0.29) is 0 Å². The first kappa shape index (κ1) is 13.0. The van der Waals surface area contributed by atoms with Gasteiger partial charge in [-0.25, -0.2) is 15.0 Å². The lowest BCUT2D eigenvalue weighted by atomic mass is 10.1. The molecular formula is C18H16N4. The van der Waals surface area contributed by atoms with Crippen LogP contribution in [0.1, 0.15) is 19.0 Å². The average Bonchev–Trinajstić information content (AvgIpc) is 2.98. The zero-order valence-corrected chi connectivity index (χ0v) is 12.4. The smallest absolute Gasteiger partial charge is 0.159 e. The second kappa shape index (κ2) is 5.22. The van der Waals surface area contributed by atoms with E-state index in [0.29, 0.717) is 0 Å². The summed E-state index contributed by atoms with van der Waals surface area (Å²) < 4.78 is 0. The molecule has 4 rings (SSSR count). The molecule has 0 bridgehead atoms. The van der Waals surface area contributed by atoms with Crippen molar-refractivity contribution < 1.29 is 0 Å². The number of aryl methyl sites for hydroxylation is 1. The quantitative estimate of drug-likeness (QED) is 0.617. The first-order chi connectivity index (χ1) is 10.8. The topological polar surface area (TPSA) is 54.5 Å². The number of rotatable bonds is 3. The Morgan fingerprint density at radius 3 is 2.23 bits per heavy atom. The minimum atomic E-state index is 0.794. The highest BCUT2D eigenvalue weighted by Crippen LogP contribution is 2.24. The fourth-order valence-corrected chi connectivity index (χ4v) is 2.70. The lowest BCUT2D eigenvalue weighted by molar-refractivity contribution is 0.882. The molecule has 4 heteroatoms. The number of nitrogens with one attached hydrogen (secondary N) is 1. The molecule has 0 radical (unpaired) electrons. The predicted octanol–water partition coefficient (Wildman–Crippen LogP) is 4.13. The van der Waals surface area contributed by atoms with Crippen LogP contribution in [0.25, 0.3) is 33.6 Å². The first-order valence-corrected chi connectivity index (χ1v) is 7.56. The molecule has 2 aromatic heterocycles. The molecule has 0 saturated heterocycles. The van der Waals surface area contributed by atoms with E-state index in [1.54, 1.807) is 0 Å². The number of fused-ring (bicyclic) bond motifs is 2. The zero-order chi connectivity index (χ0) is 14.9. The molecule has 0 unspecified atom stereocenters. The largest absolute Gasteiger partial charge is 0.337 e. The Bertz CT molecular complexity index is 923. The second-order valence-corrected chi connectivity index (χ2v) is 5.36. The lowest BCUT2D eigenvalue weighted by Crippen LogP contribution is -1.99. The van der Waals surface area contributed by atoms with Crippen LogP contribution < -0.4 is 0 Å². The van der Waals surface area contributed by atoms with Gasteiger partial charge in [0.05, 0.1) is 27.8 Å². The highest BCUT2D eigenvalue weighted by Gasteiger charge is 2.14. The van der Waals surface area contributed by atoms with Crippen molar-refractivity contribution in [3.8, 4) is 11.5 Å². The van der Waals surface area contributed by atoms with Crippen molar-refractivity contribution in [2.75, 3.05) is 0 Å². The molecule has 1 N–H and O–H groups in total. The Kier molecular flexibility index (Phi) is 3.07. The monoisotopic (exact) mass is 288 g/mol. The fraction of sp³-hybridized carbons (Fsp3) is 0.167. The van der Waals surface area contributed by atoms with Gasteiger partial charge in [0.2, 0.25) is 0 Å². The molecule has 0 spiro atoms. The standard InChI is InChI=1S/C18H16N4/c1-2-7-16-17(20-13-9-4-3-8-12(13)19-16)18-21-14-10-5-6-11-15(14)22-18/h3-6,8-11H,2,7H2,1H3,(H,21,22). The molecule has 2 aromatic carbocycles. The van der Waals surface area contributed by atoms with Crippen molar-refractivity contribution in [2.45, 2.75) is 19.8 Å². The van der Waals surface area contributed by atoms with Crippen molar-refractivity contribution in [1.29, 1.82) is 0 Å². The lowest BCUT2D eigenvalue weighted by Gasteiger charge is -2.07. The number of aromatic amines is 1. The normalized spacial score (nSPS) is 11.3. The van der Waals surface area contributed by atoms with Crippen LogP contribution in [0.5, 0.6) is 0 Å². The number of aromatic nitrogens is 4. The highest BCUT2D eigenvalue weighted by atomic mass is 15.0. The minimum absolute atomic E-state index is 0.794. The van der Waals surface area contributed by atoms with Crippen LogP contribution in [-0.2, 0) is 6.42 Å². The number of nitrogens with zero attached hydrogens (tertiary/aromatic N) is 3. The second-order valence-electron chi connectivity index (χ2n) is 5.36. The van der Waals surface area contributed by atoms with Crippen LogP contribution in [0.4, 0.5) is 0 Å². The van der Waals surface area contributed by atoms with Gasteiger partial charge in [0.1, 0.15) is 5.69 Å². The Hall–Kier alpha value is -2.75. The van der Waals surface area contributed by atoms with Crippen LogP contribution in [0.15, 0.2) is 48.5 Å². The summed E-state index contributed by atoms with van der Waals surface area (Å²) in [6.07, 6.45) is 1.92. The van der Waals surface area contributed by atoms with Crippen molar-refractivity contribution in [1.82, 2.24) is 19.9 Å². The molecule has 0 aliphatic rings. The van der Waals surface area contributed by atoms with Gasteiger partial charge in [-0.3, -0.25) is 0 Å². The van der Waals surface area contributed by atoms with Crippen molar-refractivity contribution in [2.24, 2.45) is 0 Å². The van der Waals surface area contributed by atoms with Gasteiger partial charge in [-0.1, -0.05) is 37.6 Å². The van der Waals surface area contributed by atoms with Gasteiger partial charge in [0, 0.05) is 0 Å². The van der Waals surface area contributed by atoms with Crippen LogP contribution in [0.2, 0.25) is 0 Å². The van der Waals surface area contributed by atoms with Crippen LogP contribution in [0, 0.1) is 0 Å². The molecule has 2 heterocycles. The van der Waals surface area contributed by atoms with Crippen LogP contribution in [-0.4, -0.2) is 19.9 Å². The number of imidazole rings is 1. The van der Waals surface area contributed by atoms with E-state index >= 15 is 0 Å². The molecule has 0 amide bonds. The van der Waals surface area contributed by atoms with Crippen molar-refractivity contribution >= 4 is 22.1 Å². The van der Waals surface area contributed by atoms with Gasteiger partial charge in [0.25, 0.3) is 0 Å². The molecule has 0 aliphatic carbocycles. The zero-order valence-electron chi connectivity index (χ0n) is 12.4. The van der Waals surface area contributed by atoms with E-state index in [2.05, 4.69) is 16.9 Å². The third-order valence-electron chi connectivity index (χ3n) is 3.74. The molecule has 0 aliphatic heterocycles. The molecular weight excluding hydrogens is 272 g/mol. The molecule has 22 heavy (non-hydrogen) atoms. The fourth-order valence-electron chi connectivity index (χ4n) is 2.70. The maximum absolute atomic E-state index is 4.80. The van der Waals surface area contributed by atoms with Gasteiger partial charge < -0.3 is 4.98 Å². The number of H-pyrrole nitrogens is 1. The summed E-state index contributed by atoms with van der Waals surface area (Å²) in [5.41, 5.74) is 5.67. The summed E-state index contributed by atoms with van der Waals surface area (Å²) in [5, 5.41) is 0. The third kappa shape index (κ3) is 2.13. The predicted molar refractivity (Wildman–Crippen MR) is 88.6 cm³/mol. The van der Waals surface area contributed by atoms with E-state index in [9.17, 15) is 0 Å². The van der Waals surface area contributed by atoms with Gasteiger partial charge in [0.15, 0.2) is 5.82 Å². The summed E-state index contributed by atoms with van der Waals surface area (Å²) >= 11 is 0. The molecule has 0 atom stereocenters. The molecule has 4 nitrogen and oxygen atoms in total. The third-order valence-corrected chi connectivity index (χ3v) is 3.74. The number of hydrogen-bond donors (Lipinski definition) is 1. The van der Waals surface area contributed by atoms with E-state index < -0.39 is 0 Å². The summed E-state index contributed by atoms with van der Waals surface area (Å²) in [6.45, 7) is 2.15. The Labute approximate surface area is 128 Å². The highest BCUT2D eigenvalue weighted by molar-refractivity contribution is 5.81. The van der Waals surface area contributed by atoms with E-state index in [1.165, 1.54) is 0 Å². The summed E-state index contributed by atoms with van der Waals surface area (Å²) in [4.78, 5) is 17.6. The summed E-state index contributed by atoms with van der Waals surface area (Å²) in [5.74, 6) is 0.794. The van der Waals surface area contributed by atoms with Crippen LogP contribution >= 0.6 is 0 Å². The Morgan fingerprint density at radius 1 is 0.818 bits per heavy atom. The maximum atomic E-state index is 4.80. The van der Waals surface area contributed by atoms with E-state index in [1.807, 2.05) is 48.5 Å². The molecule has 108 valence electrons. The summed E-state index contributed by atoms with van der Waals surface area (Å²) in [6, 6.07) is 16.0. The van der Waals surface area contributed by atoms with Crippen molar-refractivity contribution in [3.05, 3.63) is 54.2 Å². The minimum Gasteiger partial charge on any atom is -0.337 e. The average molecular weight is 288 g/mol. The Balaban J connectivity index is 1.96. The maximum Gasteiger partial charge on any atom is 0.159 e. The van der Waals surface area contributed by atoms with Gasteiger partial charge in [-0.15, -0.1) is 0 Å². The Morgan fingerprint density at radius 2 is 1.50 bits per heavy atom. The number of benzene rings is 2. The molecule has 4 aromatic rings. The van der Waals surface area contributed by atoms with Gasteiger partial charge in [-0.05, 0) is 30.7 Å². The van der Waals surface area contributed by atoms with E-state index in [0.717, 1.165) is 52.1 Å². The van der Waals surface area contributed by atoms with Crippen LogP contribution in [0.3, 0.4) is 0 Å². The molecule has 0 saturated carbocycles. The number of hydrogen-bond acceptors (Lipinski definition) is 3. The van der Waals surface area contributed by atoms with Crippen molar-refractivity contribution in [3.63, 3.8) is 0 Å². The molecule has 0 fully saturated rings. The van der Waals surface area contributed by atoms with Gasteiger partial charge in [-0.2, -0.15) is 0 Å². The summed E-state index contributed by atoms with van der Waals surface area (Å²) in [7, 11) is 0. The SMILES string of the molecule is CCCc1nc2ccccc2nc1-c1nc2ccccc2[nH]1.